The van der Waals surface area contributed by atoms with E-state index < -0.39 is 71.2 Å². The van der Waals surface area contributed by atoms with Gasteiger partial charge in [0.25, 0.3) is 0 Å². The van der Waals surface area contributed by atoms with E-state index in [1.165, 1.54) is 6.92 Å². The predicted molar refractivity (Wildman–Crippen MR) is 167 cm³/mol. The van der Waals surface area contributed by atoms with E-state index in [0.29, 0.717) is 30.8 Å². The molecule has 266 valence electrons. The first kappa shape index (κ1) is 38.2. The number of rotatable bonds is 16. The Balaban J connectivity index is 1.89. The molecule has 16 nitrogen and oxygen atoms in total. The zero-order chi connectivity index (χ0) is 35.6. The van der Waals surface area contributed by atoms with E-state index in [4.69, 9.17) is 33.2 Å². The smallest absolute Gasteiger partial charge is 0.303 e. The van der Waals surface area contributed by atoms with Crippen LogP contribution < -0.4 is 14.2 Å². The molecule has 1 fully saturated rings. The highest BCUT2D eigenvalue weighted by Gasteiger charge is 2.53. The molecule has 1 aliphatic heterocycles. The molecular weight excluding hydrogens is 654 g/mol. The van der Waals surface area contributed by atoms with Crippen molar-refractivity contribution in [1.82, 2.24) is 14.9 Å². The average molecular weight is 698 g/mol. The molecule has 1 aliphatic rings. The lowest BCUT2D eigenvalue weighted by atomic mass is 9.97. The molecule has 0 bridgehead atoms. The van der Waals surface area contributed by atoms with Crippen LogP contribution in [-0.4, -0.2) is 99.2 Å². The Hall–Kier alpha value is -4.22. The second-order valence-electron chi connectivity index (χ2n) is 11.5. The molecule has 0 saturated carbocycles. The van der Waals surface area contributed by atoms with Gasteiger partial charge < -0.3 is 33.2 Å². The van der Waals surface area contributed by atoms with E-state index in [2.05, 4.69) is 14.9 Å². The molecule has 0 spiro atoms. The third kappa shape index (κ3) is 11.8. The molecule has 2 heterocycles. The molecular formula is C31H43N3O13S. The summed E-state index contributed by atoms with van der Waals surface area (Å²) in [4.78, 5) is 48.1. The van der Waals surface area contributed by atoms with E-state index in [-0.39, 0.29) is 18.3 Å². The largest absolute Gasteiger partial charge is 0.494 e. The third-order valence-corrected chi connectivity index (χ3v) is 7.60. The number of aromatic amines is 1. The van der Waals surface area contributed by atoms with Crippen molar-refractivity contribution in [2.24, 2.45) is 0 Å². The molecule has 0 aliphatic carbocycles. The minimum Gasteiger partial charge on any atom is -0.494 e. The Morgan fingerprint density at radius 1 is 0.917 bits per heavy atom. The van der Waals surface area contributed by atoms with Crippen LogP contribution in [0.3, 0.4) is 0 Å². The fourth-order valence-corrected chi connectivity index (χ4v) is 5.44. The fourth-order valence-electron chi connectivity index (χ4n) is 4.93. The number of hydrogen-bond donors (Lipinski definition) is 2. The number of ether oxygens (including phenoxy) is 7. The van der Waals surface area contributed by atoms with Crippen LogP contribution in [0.25, 0.3) is 0 Å². The van der Waals surface area contributed by atoms with Gasteiger partial charge in [-0.2, -0.15) is 0 Å². The van der Waals surface area contributed by atoms with Crippen molar-refractivity contribution in [1.29, 1.82) is 0 Å². The lowest BCUT2D eigenvalue weighted by Gasteiger charge is -2.43. The minimum atomic E-state index is -3.26. The third-order valence-electron chi connectivity index (χ3n) is 6.87. The van der Waals surface area contributed by atoms with E-state index in [0.717, 1.165) is 38.3 Å². The van der Waals surface area contributed by atoms with E-state index in [9.17, 15) is 27.6 Å². The van der Waals surface area contributed by atoms with Crippen molar-refractivity contribution in [3.63, 3.8) is 0 Å². The summed E-state index contributed by atoms with van der Waals surface area (Å²) in [6.07, 6.45) is -4.82. The monoisotopic (exact) mass is 697 g/mol. The maximum absolute atomic E-state index is 12.2. The number of esters is 4. The highest BCUT2D eigenvalue weighted by molar-refractivity contribution is 7.88. The van der Waals surface area contributed by atoms with Gasteiger partial charge >= 0.3 is 23.9 Å². The van der Waals surface area contributed by atoms with E-state index in [1.54, 1.807) is 12.1 Å². The molecule has 2 aromatic rings. The second-order valence-corrected chi connectivity index (χ2v) is 13.3. The van der Waals surface area contributed by atoms with Gasteiger partial charge in [-0.15, -0.1) is 5.10 Å². The standard InChI is InChI=1S/C31H43N3O13S/c1-17(2)26-24(15-22-9-11-23(12-10-22)41-14-8-13-32-48(7,39)40)30(34-33-26)47-31-29(45-21(6)38)28(44-20(5)37)27(43-19(4)36)25(46-31)16-42-18(3)35/h9-12,17,25,27-29,31-32H,8,13-16H2,1-7H3,(H,33,34)/t25-,27-,28+,29-,31?/m1/s1. The summed E-state index contributed by atoms with van der Waals surface area (Å²) in [5.74, 6) is -2.20. The first-order chi connectivity index (χ1) is 22.5. The SMILES string of the molecule is CC(=O)OC[C@H]1OC(Oc2n[nH]c(C(C)C)c2Cc2ccc(OCCCNS(C)(=O)=O)cc2)[C@H](OC(C)=O)[C@@H](OC(C)=O)[C@@H]1OC(C)=O. The first-order valence-corrected chi connectivity index (χ1v) is 17.1. The van der Waals surface area contributed by atoms with E-state index in [1.807, 2.05) is 26.0 Å². The lowest BCUT2D eigenvalue weighted by molar-refractivity contribution is -0.289. The van der Waals surface area contributed by atoms with Crippen LogP contribution in [0, 0.1) is 0 Å². The Kier molecular flexibility index (Phi) is 13.7. The number of carbonyl (C=O) groups is 4. The van der Waals surface area contributed by atoms with Crippen molar-refractivity contribution in [2.45, 2.75) is 91.0 Å². The van der Waals surface area contributed by atoms with Gasteiger partial charge in [0.05, 0.1) is 12.9 Å². The summed E-state index contributed by atoms with van der Waals surface area (Å²) >= 11 is 0. The lowest BCUT2D eigenvalue weighted by Crippen LogP contribution is -2.63. The van der Waals surface area contributed by atoms with Crippen molar-refractivity contribution in [3.8, 4) is 11.6 Å². The number of nitrogens with zero attached hydrogens (tertiary/aromatic N) is 1. The predicted octanol–water partition coefficient (Wildman–Crippen LogP) is 1.90. The Labute approximate surface area is 279 Å². The normalized spacial score (nSPS) is 20.9. The molecule has 3 rings (SSSR count). The van der Waals surface area contributed by atoms with Crippen LogP contribution in [0.4, 0.5) is 0 Å². The maximum atomic E-state index is 12.2. The number of nitrogens with one attached hydrogen (secondary N) is 2. The number of hydrogen-bond acceptors (Lipinski definition) is 14. The molecule has 1 saturated heterocycles. The van der Waals surface area contributed by atoms with Crippen LogP contribution in [0.1, 0.15) is 70.7 Å². The molecule has 1 aromatic heterocycles. The first-order valence-electron chi connectivity index (χ1n) is 15.2. The summed E-state index contributed by atoms with van der Waals surface area (Å²) in [6.45, 7) is 8.70. The fraction of sp³-hybridized carbons (Fsp3) is 0.581. The van der Waals surface area contributed by atoms with Gasteiger partial charge in [-0.25, -0.2) is 13.1 Å². The Morgan fingerprint density at radius 2 is 1.52 bits per heavy atom. The van der Waals surface area contributed by atoms with Crippen molar-refractivity contribution >= 4 is 33.9 Å². The van der Waals surface area contributed by atoms with Gasteiger partial charge in [0.2, 0.25) is 28.3 Å². The zero-order valence-corrected chi connectivity index (χ0v) is 28.8. The van der Waals surface area contributed by atoms with Gasteiger partial charge in [0, 0.05) is 51.9 Å². The summed E-state index contributed by atoms with van der Waals surface area (Å²) in [5.41, 5.74) is 2.29. The molecule has 17 heteroatoms. The molecule has 48 heavy (non-hydrogen) atoms. The quantitative estimate of drug-likeness (QED) is 0.146. The van der Waals surface area contributed by atoms with Crippen molar-refractivity contribution in [2.75, 3.05) is 26.0 Å². The molecule has 5 atom stereocenters. The number of H-pyrrole nitrogens is 1. The summed E-state index contributed by atoms with van der Waals surface area (Å²) in [5, 5.41) is 7.36. The van der Waals surface area contributed by atoms with Gasteiger partial charge in [0.15, 0.2) is 12.2 Å². The maximum Gasteiger partial charge on any atom is 0.303 e. The Morgan fingerprint density at radius 3 is 2.08 bits per heavy atom. The van der Waals surface area contributed by atoms with Crippen LogP contribution >= 0.6 is 0 Å². The summed E-state index contributed by atoms with van der Waals surface area (Å²) in [7, 11) is -3.26. The molecule has 1 unspecified atom stereocenters. The van der Waals surface area contributed by atoms with Gasteiger partial charge in [-0.05, 0) is 30.0 Å². The number of sulfonamides is 1. The van der Waals surface area contributed by atoms with Gasteiger partial charge in [-0.3, -0.25) is 24.3 Å². The highest BCUT2D eigenvalue weighted by atomic mass is 32.2. The second kappa shape index (κ2) is 17.3. The van der Waals surface area contributed by atoms with Crippen molar-refractivity contribution in [3.05, 3.63) is 41.1 Å². The summed E-state index contributed by atoms with van der Waals surface area (Å²) in [6, 6.07) is 7.29. The molecule has 0 radical (unpaired) electrons. The van der Waals surface area contributed by atoms with Crippen LogP contribution in [0.15, 0.2) is 24.3 Å². The average Bonchev–Trinajstić information content (AvgIpc) is 3.36. The topological polar surface area (TPSA) is 208 Å². The molecule has 0 amide bonds. The number of benzene rings is 1. The summed E-state index contributed by atoms with van der Waals surface area (Å²) < 4.78 is 64.5. The van der Waals surface area contributed by atoms with Crippen LogP contribution in [0.2, 0.25) is 0 Å². The molecule has 1 aromatic carbocycles. The van der Waals surface area contributed by atoms with Crippen LogP contribution in [-0.2, 0) is 59.3 Å². The van der Waals surface area contributed by atoms with E-state index >= 15 is 0 Å². The molecule has 2 N–H and O–H groups in total. The highest BCUT2D eigenvalue weighted by Crippen LogP contribution is 2.34. The van der Waals surface area contributed by atoms with Gasteiger partial charge in [-0.1, -0.05) is 26.0 Å². The Bertz CT molecular complexity index is 1520. The number of aromatic nitrogens is 2. The van der Waals surface area contributed by atoms with Crippen LogP contribution in [0.5, 0.6) is 11.6 Å². The zero-order valence-electron chi connectivity index (χ0n) is 28.0. The minimum absolute atomic E-state index is 0.0107. The van der Waals surface area contributed by atoms with Gasteiger partial charge in [0.1, 0.15) is 18.5 Å². The van der Waals surface area contributed by atoms with Crippen molar-refractivity contribution < 1.29 is 60.8 Å². The number of carbonyl (C=O) groups excluding carboxylic acids is 4.